The van der Waals surface area contributed by atoms with Gasteiger partial charge in [0.15, 0.2) is 12.7 Å². The molecule has 0 unspecified atom stereocenters. The lowest BCUT2D eigenvalue weighted by Gasteiger charge is -2.11. The lowest BCUT2D eigenvalue weighted by atomic mass is 10.1. The second-order valence-corrected chi connectivity index (χ2v) is 6.58. The predicted molar refractivity (Wildman–Crippen MR) is 101 cm³/mol. The van der Waals surface area contributed by atoms with E-state index in [4.69, 9.17) is 25.5 Å². The summed E-state index contributed by atoms with van der Waals surface area (Å²) in [5, 5.41) is 8.58. The van der Waals surface area contributed by atoms with Crippen molar-refractivity contribution in [1.29, 1.82) is 0 Å². The lowest BCUT2D eigenvalue weighted by molar-refractivity contribution is -0.152. The van der Waals surface area contributed by atoms with Crippen LogP contribution in [-0.2, 0) is 9.53 Å². The van der Waals surface area contributed by atoms with Gasteiger partial charge < -0.3 is 13.9 Å². The van der Waals surface area contributed by atoms with Crippen molar-refractivity contribution < 1.29 is 18.7 Å². The van der Waals surface area contributed by atoms with Gasteiger partial charge in [0.2, 0.25) is 5.89 Å². The van der Waals surface area contributed by atoms with Gasteiger partial charge in [-0.05, 0) is 56.7 Å². The first kappa shape index (κ1) is 18.9. The van der Waals surface area contributed by atoms with Gasteiger partial charge in [-0.15, -0.1) is 10.2 Å². The van der Waals surface area contributed by atoms with E-state index in [2.05, 4.69) is 10.2 Å². The number of hydrogen-bond acceptors (Lipinski definition) is 6. The molecule has 0 aliphatic rings. The Morgan fingerprint density at radius 2 is 1.89 bits per heavy atom. The van der Waals surface area contributed by atoms with E-state index >= 15 is 0 Å². The second-order valence-electron chi connectivity index (χ2n) is 6.14. The molecule has 7 heteroatoms. The van der Waals surface area contributed by atoms with Crippen LogP contribution < -0.4 is 4.74 Å². The average Bonchev–Trinajstić information content (AvgIpc) is 3.12. The van der Waals surface area contributed by atoms with Gasteiger partial charge in [0.25, 0.3) is 5.89 Å². The molecule has 1 atom stereocenters. The highest BCUT2D eigenvalue weighted by atomic mass is 35.5. The topological polar surface area (TPSA) is 74.5 Å². The van der Waals surface area contributed by atoms with Gasteiger partial charge in [-0.25, -0.2) is 4.79 Å². The van der Waals surface area contributed by atoms with E-state index in [-0.39, 0.29) is 12.5 Å². The molecule has 0 aliphatic heterocycles. The van der Waals surface area contributed by atoms with Crippen molar-refractivity contribution in [2.24, 2.45) is 0 Å². The number of nitrogens with zero attached hydrogens (tertiary/aromatic N) is 2. The molecular formula is C20H19ClN2O4. The van der Waals surface area contributed by atoms with Crippen LogP contribution in [0.1, 0.15) is 30.0 Å². The predicted octanol–water partition coefficient (Wildman–Crippen LogP) is 4.69. The van der Waals surface area contributed by atoms with Crippen LogP contribution in [0, 0.1) is 13.8 Å². The summed E-state index contributed by atoms with van der Waals surface area (Å²) in [7, 11) is 0. The Labute approximate surface area is 162 Å². The van der Waals surface area contributed by atoms with Crippen LogP contribution in [0.5, 0.6) is 5.75 Å². The van der Waals surface area contributed by atoms with Crippen molar-refractivity contribution in [1.82, 2.24) is 10.2 Å². The maximum absolute atomic E-state index is 12.0. The van der Waals surface area contributed by atoms with Crippen molar-refractivity contribution in [2.75, 3.05) is 6.61 Å². The van der Waals surface area contributed by atoms with Crippen LogP contribution >= 0.6 is 11.6 Å². The zero-order valence-electron chi connectivity index (χ0n) is 15.2. The van der Waals surface area contributed by atoms with Crippen LogP contribution in [0.3, 0.4) is 0 Å². The fraction of sp³-hybridized carbons (Fsp3) is 0.250. The zero-order valence-corrected chi connectivity index (χ0v) is 16.0. The smallest absolute Gasteiger partial charge is 0.344 e. The van der Waals surface area contributed by atoms with Gasteiger partial charge in [-0.3, -0.25) is 0 Å². The molecule has 1 heterocycles. The van der Waals surface area contributed by atoms with E-state index in [1.54, 1.807) is 25.1 Å². The Bertz CT molecular complexity index is 937. The number of benzene rings is 2. The Kier molecular flexibility index (Phi) is 5.76. The summed E-state index contributed by atoms with van der Waals surface area (Å²) in [6.45, 7) is 5.28. The molecular weight excluding hydrogens is 368 g/mol. The van der Waals surface area contributed by atoms with Gasteiger partial charge in [-0.1, -0.05) is 29.3 Å². The number of halogens is 1. The number of aromatic nitrogens is 2. The number of carbonyl (C=O) groups is 1. The molecule has 3 aromatic rings. The molecule has 0 radical (unpaired) electrons. The van der Waals surface area contributed by atoms with Crippen LogP contribution in [-0.4, -0.2) is 22.8 Å². The Morgan fingerprint density at radius 3 is 2.59 bits per heavy atom. The Morgan fingerprint density at radius 1 is 1.15 bits per heavy atom. The van der Waals surface area contributed by atoms with Crippen molar-refractivity contribution in [2.45, 2.75) is 26.9 Å². The minimum atomic E-state index is -0.681. The van der Waals surface area contributed by atoms with Gasteiger partial charge in [-0.2, -0.15) is 0 Å². The molecule has 3 rings (SSSR count). The number of esters is 1. The quantitative estimate of drug-likeness (QED) is 0.572. The van der Waals surface area contributed by atoms with Crippen LogP contribution in [0.15, 0.2) is 46.9 Å². The molecule has 0 amide bonds. The van der Waals surface area contributed by atoms with E-state index in [0.29, 0.717) is 16.7 Å². The second kappa shape index (κ2) is 8.22. The summed E-state index contributed by atoms with van der Waals surface area (Å²) in [6.07, 6.45) is -0.681. The fourth-order valence-corrected chi connectivity index (χ4v) is 2.63. The minimum absolute atomic E-state index is 0.224. The van der Waals surface area contributed by atoms with E-state index in [1.807, 2.05) is 38.1 Å². The summed E-state index contributed by atoms with van der Waals surface area (Å²) in [5.74, 6) is 0.637. The third kappa shape index (κ3) is 4.86. The van der Waals surface area contributed by atoms with Gasteiger partial charge in [0, 0.05) is 10.6 Å². The minimum Gasteiger partial charge on any atom is -0.482 e. The molecule has 0 bridgehead atoms. The first-order chi connectivity index (χ1) is 12.9. The van der Waals surface area contributed by atoms with Crippen LogP contribution in [0.25, 0.3) is 11.5 Å². The van der Waals surface area contributed by atoms with Crippen molar-refractivity contribution in [3.05, 3.63) is 64.5 Å². The molecule has 27 heavy (non-hydrogen) atoms. The molecule has 1 aromatic heterocycles. The van der Waals surface area contributed by atoms with E-state index in [9.17, 15) is 4.79 Å². The molecule has 0 N–H and O–H groups in total. The highest BCUT2D eigenvalue weighted by molar-refractivity contribution is 6.30. The molecule has 140 valence electrons. The molecule has 0 aliphatic carbocycles. The SMILES string of the molecule is Cc1ccc(-c2nnc([C@H](C)OC(=O)COc3ccc(Cl)cc3C)o2)cc1. The summed E-state index contributed by atoms with van der Waals surface area (Å²) in [5.41, 5.74) is 2.78. The highest BCUT2D eigenvalue weighted by Crippen LogP contribution is 2.24. The van der Waals surface area contributed by atoms with E-state index in [1.165, 1.54) is 0 Å². The molecule has 0 fully saturated rings. The summed E-state index contributed by atoms with van der Waals surface area (Å²) < 4.78 is 16.4. The van der Waals surface area contributed by atoms with Gasteiger partial charge >= 0.3 is 5.97 Å². The average molecular weight is 387 g/mol. The standard InChI is InChI=1S/C20H19ClN2O4/c1-12-4-6-15(7-5-12)20-23-22-19(27-20)14(3)26-18(24)11-25-17-9-8-16(21)10-13(17)2/h4-10,14H,11H2,1-3H3/t14-/m0/s1. The molecule has 6 nitrogen and oxygen atoms in total. The molecule has 0 saturated carbocycles. The number of ether oxygens (including phenoxy) is 2. The van der Waals surface area contributed by atoms with Gasteiger partial charge in [0.1, 0.15) is 5.75 Å². The summed E-state index contributed by atoms with van der Waals surface area (Å²) in [6, 6.07) is 12.9. The zero-order chi connectivity index (χ0) is 19.4. The third-order valence-corrected chi connectivity index (χ3v) is 4.11. The highest BCUT2D eigenvalue weighted by Gasteiger charge is 2.19. The summed E-state index contributed by atoms with van der Waals surface area (Å²) >= 11 is 5.90. The number of hydrogen-bond donors (Lipinski definition) is 0. The molecule has 0 saturated heterocycles. The Balaban J connectivity index is 1.57. The fourth-order valence-electron chi connectivity index (χ4n) is 2.40. The van der Waals surface area contributed by atoms with Crippen LogP contribution in [0.2, 0.25) is 5.02 Å². The lowest BCUT2D eigenvalue weighted by Crippen LogP contribution is -2.17. The third-order valence-electron chi connectivity index (χ3n) is 3.88. The van der Waals surface area contributed by atoms with Crippen LogP contribution in [0.4, 0.5) is 0 Å². The number of carbonyl (C=O) groups excluding carboxylic acids is 1. The maximum Gasteiger partial charge on any atom is 0.344 e. The van der Waals surface area contributed by atoms with E-state index < -0.39 is 12.1 Å². The first-order valence-corrected chi connectivity index (χ1v) is 8.79. The number of aryl methyl sites for hydroxylation is 2. The summed E-state index contributed by atoms with van der Waals surface area (Å²) in [4.78, 5) is 12.0. The maximum atomic E-state index is 12.0. The largest absolute Gasteiger partial charge is 0.482 e. The van der Waals surface area contributed by atoms with E-state index in [0.717, 1.165) is 16.7 Å². The van der Waals surface area contributed by atoms with Crippen molar-refractivity contribution >= 4 is 17.6 Å². The Hall–Kier alpha value is -2.86. The molecule has 0 spiro atoms. The number of rotatable bonds is 6. The monoisotopic (exact) mass is 386 g/mol. The van der Waals surface area contributed by atoms with Crippen molar-refractivity contribution in [3.8, 4) is 17.2 Å². The van der Waals surface area contributed by atoms with Gasteiger partial charge in [0.05, 0.1) is 0 Å². The first-order valence-electron chi connectivity index (χ1n) is 8.41. The van der Waals surface area contributed by atoms with Crippen molar-refractivity contribution in [3.63, 3.8) is 0 Å². The molecule has 2 aromatic carbocycles. The normalized spacial score (nSPS) is 11.9.